The van der Waals surface area contributed by atoms with Crippen LogP contribution in [0.2, 0.25) is 0 Å². The van der Waals surface area contributed by atoms with E-state index in [1.807, 2.05) is 0 Å². The topological polar surface area (TPSA) is 26.0 Å². The van der Waals surface area contributed by atoms with Crippen molar-refractivity contribution in [2.45, 2.75) is 53.5 Å². The Kier molecular flexibility index (Phi) is 2.28. The van der Waals surface area contributed by atoms with Crippen LogP contribution < -0.4 is 5.73 Å². The van der Waals surface area contributed by atoms with Gasteiger partial charge in [-0.15, -0.1) is 0 Å². The lowest BCUT2D eigenvalue weighted by Crippen LogP contribution is -2.60. The fourth-order valence-corrected chi connectivity index (χ4v) is 3.14. The third-order valence-corrected chi connectivity index (χ3v) is 3.96. The van der Waals surface area contributed by atoms with Crippen LogP contribution in [0.25, 0.3) is 0 Å². The van der Waals surface area contributed by atoms with Gasteiger partial charge in [-0.3, -0.25) is 0 Å². The molecule has 1 saturated carbocycles. The zero-order valence-electron chi connectivity index (χ0n) is 9.15. The largest absolute Gasteiger partial charge is 0.327 e. The van der Waals surface area contributed by atoms with Crippen LogP contribution in [0.5, 0.6) is 0 Å². The molecule has 12 heavy (non-hydrogen) atoms. The van der Waals surface area contributed by atoms with Crippen molar-refractivity contribution < 1.29 is 0 Å². The van der Waals surface area contributed by atoms with Crippen molar-refractivity contribution in [3.8, 4) is 0 Å². The minimum absolute atomic E-state index is 0.360. The molecule has 0 amide bonds. The van der Waals surface area contributed by atoms with Crippen LogP contribution in [0.3, 0.4) is 0 Å². The highest BCUT2D eigenvalue weighted by atomic mass is 14.8. The zero-order chi connectivity index (χ0) is 9.57. The summed E-state index contributed by atoms with van der Waals surface area (Å²) >= 11 is 0. The summed E-state index contributed by atoms with van der Waals surface area (Å²) in [6.45, 7) is 11.6. The fraction of sp³-hybridized carbons (Fsp3) is 1.00. The predicted octanol–water partition coefficient (Wildman–Crippen LogP) is 2.80. The van der Waals surface area contributed by atoms with Crippen LogP contribution in [0, 0.1) is 16.7 Å². The second-order valence-electron chi connectivity index (χ2n) is 5.59. The highest BCUT2D eigenvalue weighted by Gasteiger charge is 2.54. The van der Waals surface area contributed by atoms with Gasteiger partial charge < -0.3 is 5.73 Å². The summed E-state index contributed by atoms with van der Waals surface area (Å²) in [6.07, 6.45) is 2.53. The van der Waals surface area contributed by atoms with Gasteiger partial charge in [0.25, 0.3) is 0 Å². The van der Waals surface area contributed by atoms with Gasteiger partial charge in [-0.05, 0) is 29.6 Å². The lowest BCUT2D eigenvalue weighted by atomic mass is 9.48. The number of rotatable bonds is 1. The van der Waals surface area contributed by atoms with Gasteiger partial charge in [0.2, 0.25) is 0 Å². The molecule has 0 spiro atoms. The molecule has 0 radical (unpaired) electrons. The average molecular weight is 169 g/mol. The molecule has 0 heterocycles. The summed E-state index contributed by atoms with van der Waals surface area (Å²) in [4.78, 5) is 0. The molecule has 0 saturated heterocycles. The Morgan fingerprint density at radius 1 is 1.33 bits per heavy atom. The second kappa shape index (κ2) is 2.73. The lowest BCUT2D eigenvalue weighted by Gasteiger charge is -2.59. The van der Waals surface area contributed by atoms with Gasteiger partial charge in [0, 0.05) is 6.04 Å². The van der Waals surface area contributed by atoms with E-state index in [2.05, 4.69) is 34.6 Å². The molecule has 1 rings (SSSR count). The highest BCUT2D eigenvalue weighted by Crippen LogP contribution is 2.57. The third kappa shape index (κ3) is 1.10. The summed E-state index contributed by atoms with van der Waals surface area (Å²) < 4.78 is 0. The van der Waals surface area contributed by atoms with Crippen molar-refractivity contribution in [3.05, 3.63) is 0 Å². The smallest absolute Gasteiger partial charge is 0.0103 e. The molecular formula is C11H23N. The van der Waals surface area contributed by atoms with Gasteiger partial charge in [-0.25, -0.2) is 0 Å². The normalized spacial score (nSPS) is 36.8. The quantitative estimate of drug-likeness (QED) is 0.642. The monoisotopic (exact) mass is 169 g/mol. The minimum atomic E-state index is 0.360. The van der Waals surface area contributed by atoms with Gasteiger partial charge in [-0.1, -0.05) is 34.6 Å². The zero-order valence-corrected chi connectivity index (χ0v) is 9.15. The molecule has 0 aromatic carbocycles. The first kappa shape index (κ1) is 10.0. The summed E-state index contributed by atoms with van der Waals surface area (Å²) in [7, 11) is 0. The van der Waals surface area contributed by atoms with Crippen LogP contribution in [0.4, 0.5) is 0 Å². The van der Waals surface area contributed by atoms with Crippen LogP contribution in [0.1, 0.15) is 47.5 Å². The first-order valence-corrected chi connectivity index (χ1v) is 5.08. The summed E-state index contributed by atoms with van der Waals surface area (Å²) in [5.41, 5.74) is 6.90. The van der Waals surface area contributed by atoms with Crippen molar-refractivity contribution in [2.24, 2.45) is 22.5 Å². The Balaban J connectivity index is 2.89. The van der Waals surface area contributed by atoms with E-state index in [0.717, 1.165) is 0 Å². The molecule has 1 nitrogen and oxygen atoms in total. The van der Waals surface area contributed by atoms with Crippen molar-refractivity contribution in [1.29, 1.82) is 0 Å². The highest BCUT2D eigenvalue weighted by molar-refractivity contribution is 5.06. The van der Waals surface area contributed by atoms with Crippen molar-refractivity contribution in [1.82, 2.24) is 0 Å². The van der Waals surface area contributed by atoms with E-state index < -0.39 is 0 Å². The summed E-state index contributed by atoms with van der Waals surface area (Å²) in [6, 6.07) is 0.428. The third-order valence-electron chi connectivity index (χ3n) is 3.96. The summed E-state index contributed by atoms with van der Waals surface area (Å²) in [5.74, 6) is 0.709. The Morgan fingerprint density at radius 3 is 1.83 bits per heavy atom. The molecule has 1 unspecified atom stereocenters. The second-order valence-corrected chi connectivity index (χ2v) is 5.59. The molecule has 0 aromatic heterocycles. The average Bonchev–Trinajstić information content (AvgIpc) is 1.80. The van der Waals surface area contributed by atoms with Crippen LogP contribution >= 0.6 is 0 Å². The molecule has 1 heteroatoms. The van der Waals surface area contributed by atoms with Crippen molar-refractivity contribution in [3.63, 3.8) is 0 Å². The fourth-order valence-electron chi connectivity index (χ4n) is 3.14. The number of hydrogen-bond acceptors (Lipinski definition) is 1. The van der Waals surface area contributed by atoms with Crippen LogP contribution in [0.15, 0.2) is 0 Å². The maximum absolute atomic E-state index is 6.14. The van der Waals surface area contributed by atoms with Gasteiger partial charge in [0.1, 0.15) is 0 Å². The van der Waals surface area contributed by atoms with Gasteiger partial charge in [0.05, 0.1) is 0 Å². The first-order valence-electron chi connectivity index (χ1n) is 5.08. The SMILES string of the molecule is CC(C)C1(C(C)(C)C)CC[C@@H]1N. The Bertz CT molecular complexity index is 160. The molecule has 2 atom stereocenters. The maximum Gasteiger partial charge on any atom is 0.0103 e. The Morgan fingerprint density at radius 2 is 1.83 bits per heavy atom. The van der Waals surface area contributed by atoms with Crippen LogP contribution in [-0.4, -0.2) is 6.04 Å². The molecular weight excluding hydrogens is 146 g/mol. The predicted molar refractivity (Wildman–Crippen MR) is 53.9 cm³/mol. The van der Waals surface area contributed by atoms with E-state index in [-0.39, 0.29) is 0 Å². The summed E-state index contributed by atoms with van der Waals surface area (Å²) in [5, 5.41) is 0. The molecule has 0 aliphatic heterocycles. The number of hydrogen-bond donors (Lipinski definition) is 1. The maximum atomic E-state index is 6.14. The molecule has 1 aliphatic rings. The van der Waals surface area contributed by atoms with E-state index in [9.17, 15) is 0 Å². The minimum Gasteiger partial charge on any atom is -0.327 e. The van der Waals surface area contributed by atoms with E-state index in [1.165, 1.54) is 12.8 Å². The molecule has 0 bridgehead atoms. The molecule has 72 valence electrons. The molecule has 2 N–H and O–H groups in total. The standard InChI is InChI=1S/C11H23N/c1-8(2)11(10(3,4)5)7-6-9(11)12/h8-9H,6-7,12H2,1-5H3/t9-,11?/m0/s1. The number of nitrogens with two attached hydrogens (primary N) is 1. The van der Waals surface area contributed by atoms with Gasteiger partial charge in [0.15, 0.2) is 0 Å². The van der Waals surface area contributed by atoms with E-state index in [0.29, 0.717) is 22.8 Å². The van der Waals surface area contributed by atoms with Gasteiger partial charge >= 0.3 is 0 Å². The first-order chi connectivity index (χ1) is 5.32. The van der Waals surface area contributed by atoms with Crippen LogP contribution in [-0.2, 0) is 0 Å². The van der Waals surface area contributed by atoms with Crippen molar-refractivity contribution >= 4 is 0 Å². The molecule has 0 aromatic rings. The molecule has 1 fully saturated rings. The lowest BCUT2D eigenvalue weighted by molar-refractivity contribution is -0.0705. The van der Waals surface area contributed by atoms with E-state index in [1.54, 1.807) is 0 Å². The Hall–Kier alpha value is -0.0400. The van der Waals surface area contributed by atoms with E-state index >= 15 is 0 Å². The van der Waals surface area contributed by atoms with Gasteiger partial charge in [-0.2, -0.15) is 0 Å². The Labute approximate surface area is 76.7 Å². The van der Waals surface area contributed by atoms with Crippen molar-refractivity contribution in [2.75, 3.05) is 0 Å². The van der Waals surface area contributed by atoms with E-state index in [4.69, 9.17) is 5.73 Å². The molecule has 1 aliphatic carbocycles.